The summed E-state index contributed by atoms with van der Waals surface area (Å²) in [6.07, 6.45) is 4.30. The molecule has 2 N–H and O–H groups in total. The zero-order valence-electron chi connectivity index (χ0n) is 17.9. The zero-order valence-corrected chi connectivity index (χ0v) is 17.9. The van der Waals surface area contributed by atoms with Crippen LogP contribution in [0.5, 0.6) is 5.75 Å². The summed E-state index contributed by atoms with van der Waals surface area (Å²) in [6, 6.07) is 15.4. The van der Waals surface area contributed by atoms with E-state index in [1.54, 1.807) is 12.1 Å². The molecule has 0 spiro atoms. The van der Waals surface area contributed by atoms with Crippen molar-refractivity contribution < 1.29 is 14.3 Å². The van der Waals surface area contributed by atoms with Crippen molar-refractivity contribution in [3.05, 3.63) is 65.2 Å². The molecule has 2 aromatic rings. The standard InChI is InChI=1S/C25H32N2O3/c1-18(2)22-9-5-6-10-23(22)30-16-15-26-24(28)21-13-11-19(12-14-21)17-27-25(29)20-7-3-4-8-20/h5-6,9-14,18,20H,3-4,7-8,15-17H2,1-2H3,(H,26,28)(H,27,29). The van der Waals surface area contributed by atoms with Gasteiger partial charge in [0.2, 0.25) is 5.91 Å². The second-order valence-electron chi connectivity index (χ2n) is 8.19. The Balaban J connectivity index is 1.41. The van der Waals surface area contributed by atoms with Gasteiger partial charge in [-0.25, -0.2) is 0 Å². The first kappa shape index (κ1) is 21.9. The third kappa shape index (κ3) is 6.09. The molecule has 1 saturated carbocycles. The molecule has 0 unspecified atom stereocenters. The van der Waals surface area contributed by atoms with Crippen LogP contribution in [0, 0.1) is 5.92 Å². The van der Waals surface area contributed by atoms with Crippen LogP contribution in [0.4, 0.5) is 0 Å². The van der Waals surface area contributed by atoms with E-state index in [9.17, 15) is 9.59 Å². The van der Waals surface area contributed by atoms with Crippen molar-refractivity contribution >= 4 is 11.8 Å². The van der Waals surface area contributed by atoms with Crippen LogP contribution >= 0.6 is 0 Å². The first-order valence-corrected chi connectivity index (χ1v) is 10.9. The summed E-state index contributed by atoms with van der Waals surface area (Å²) >= 11 is 0. The van der Waals surface area contributed by atoms with Crippen molar-refractivity contribution in [3.8, 4) is 5.75 Å². The molecule has 30 heavy (non-hydrogen) atoms. The number of carbonyl (C=O) groups excluding carboxylic acids is 2. The molecule has 2 amide bonds. The number of hydrogen-bond acceptors (Lipinski definition) is 3. The Bertz CT molecular complexity index is 840. The smallest absolute Gasteiger partial charge is 0.251 e. The Kier molecular flexibility index (Phi) is 7.89. The van der Waals surface area contributed by atoms with Gasteiger partial charge in [0.05, 0.1) is 6.54 Å². The molecular weight excluding hydrogens is 376 g/mol. The van der Waals surface area contributed by atoms with E-state index in [1.807, 2.05) is 30.3 Å². The summed E-state index contributed by atoms with van der Waals surface area (Å²) in [7, 11) is 0. The second kappa shape index (κ2) is 10.8. The molecule has 0 atom stereocenters. The summed E-state index contributed by atoms with van der Waals surface area (Å²) in [6.45, 7) is 5.62. The molecule has 5 heteroatoms. The molecule has 2 aromatic carbocycles. The van der Waals surface area contributed by atoms with Gasteiger partial charge in [0.25, 0.3) is 5.91 Å². The molecule has 160 valence electrons. The van der Waals surface area contributed by atoms with E-state index < -0.39 is 0 Å². The molecule has 1 aliphatic rings. The quantitative estimate of drug-likeness (QED) is 0.604. The van der Waals surface area contributed by atoms with E-state index in [-0.39, 0.29) is 17.7 Å². The molecule has 0 saturated heterocycles. The molecule has 5 nitrogen and oxygen atoms in total. The Hall–Kier alpha value is -2.82. The monoisotopic (exact) mass is 408 g/mol. The van der Waals surface area contributed by atoms with Crippen molar-refractivity contribution in [2.24, 2.45) is 5.92 Å². The highest BCUT2D eigenvalue weighted by Crippen LogP contribution is 2.26. The van der Waals surface area contributed by atoms with Crippen LogP contribution in [0.1, 0.15) is 66.9 Å². The second-order valence-corrected chi connectivity index (χ2v) is 8.19. The number of benzene rings is 2. The van der Waals surface area contributed by atoms with E-state index in [0.717, 1.165) is 37.0 Å². The van der Waals surface area contributed by atoms with Gasteiger partial charge in [-0.3, -0.25) is 9.59 Å². The normalized spacial score (nSPS) is 14.0. The minimum atomic E-state index is -0.128. The molecule has 0 heterocycles. The number of ether oxygens (including phenoxy) is 1. The Labute approximate surface area is 179 Å². The third-order valence-corrected chi connectivity index (χ3v) is 5.60. The molecule has 0 bridgehead atoms. The van der Waals surface area contributed by atoms with Gasteiger partial charge in [0.15, 0.2) is 0 Å². The predicted octanol–water partition coefficient (Wildman–Crippen LogP) is 4.43. The maximum atomic E-state index is 12.3. The number of amides is 2. The van der Waals surface area contributed by atoms with Crippen LogP contribution in [-0.2, 0) is 11.3 Å². The predicted molar refractivity (Wildman–Crippen MR) is 119 cm³/mol. The Morgan fingerprint density at radius 2 is 1.70 bits per heavy atom. The number of hydrogen-bond donors (Lipinski definition) is 2. The van der Waals surface area contributed by atoms with Crippen LogP contribution in [0.3, 0.4) is 0 Å². The maximum Gasteiger partial charge on any atom is 0.251 e. The summed E-state index contributed by atoms with van der Waals surface area (Å²) < 4.78 is 5.85. The Morgan fingerprint density at radius 1 is 1.00 bits per heavy atom. The van der Waals surface area contributed by atoms with E-state index in [0.29, 0.717) is 31.2 Å². The topological polar surface area (TPSA) is 67.4 Å². The van der Waals surface area contributed by atoms with Crippen LogP contribution in [0.25, 0.3) is 0 Å². The average molecular weight is 409 g/mol. The minimum absolute atomic E-state index is 0.128. The van der Waals surface area contributed by atoms with Gasteiger partial charge in [-0.15, -0.1) is 0 Å². The zero-order chi connectivity index (χ0) is 21.3. The maximum absolute atomic E-state index is 12.3. The first-order valence-electron chi connectivity index (χ1n) is 10.9. The van der Waals surface area contributed by atoms with Crippen LogP contribution in [0.15, 0.2) is 48.5 Å². The lowest BCUT2D eigenvalue weighted by Gasteiger charge is -2.14. The molecule has 0 aromatic heterocycles. The number of para-hydroxylation sites is 1. The highest BCUT2D eigenvalue weighted by Gasteiger charge is 2.22. The van der Waals surface area contributed by atoms with Gasteiger partial charge in [0.1, 0.15) is 12.4 Å². The lowest BCUT2D eigenvalue weighted by molar-refractivity contribution is -0.124. The SMILES string of the molecule is CC(C)c1ccccc1OCCNC(=O)c1ccc(CNC(=O)C2CCCC2)cc1. The molecule has 0 radical (unpaired) electrons. The van der Waals surface area contributed by atoms with Crippen LogP contribution in [-0.4, -0.2) is 25.0 Å². The highest BCUT2D eigenvalue weighted by atomic mass is 16.5. The summed E-state index contributed by atoms with van der Waals surface area (Å²) in [4.78, 5) is 24.5. The van der Waals surface area contributed by atoms with Crippen molar-refractivity contribution in [1.29, 1.82) is 0 Å². The fraction of sp³-hybridized carbons (Fsp3) is 0.440. The van der Waals surface area contributed by atoms with E-state index in [1.165, 1.54) is 5.56 Å². The first-order chi connectivity index (χ1) is 14.5. The largest absolute Gasteiger partial charge is 0.491 e. The van der Waals surface area contributed by atoms with Gasteiger partial charge < -0.3 is 15.4 Å². The van der Waals surface area contributed by atoms with E-state index >= 15 is 0 Å². The minimum Gasteiger partial charge on any atom is -0.491 e. The van der Waals surface area contributed by atoms with Gasteiger partial charge in [-0.2, -0.15) is 0 Å². The number of rotatable bonds is 9. The van der Waals surface area contributed by atoms with Crippen molar-refractivity contribution in [3.63, 3.8) is 0 Å². The van der Waals surface area contributed by atoms with Crippen LogP contribution in [0.2, 0.25) is 0 Å². The lowest BCUT2D eigenvalue weighted by atomic mass is 10.0. The molecule has 1 fully saturated rings. The summed E-state index contributed by atoms with van der Waals surface area (Å²) in [5, 5.41) is 5.89. The van der Waals surface area contributed by atoms with Gasteiger partial charge in [0, 0.05) is 18.0 Å². The lowest BCUT2D eigenvalue weighted by Crippen LogP contribution is -2.29. The number of carbonyl (C=O) groups is 2. The van der Waals surface area contributed by atoms with E-state index in [2.05, 4.69) is 30.5 Å². The fourth-order valence-corrected chi connectivity index (χ4v) is 3.81. The third-order valence-electron chi connectivity index (χ3n) is 5.60. The average Bonchev–Trinajstić information content (AvgIpc) is 3.30. The van der Waals surface area contributed by atoms with Crippen LogP contribution < -0.4 is 15.4 Å². The number of nitrogens with one attached hydrogen (secondary N) is 2. The fourth-order valence-electron chi connectivity index (χ4n) is 3.81. The van der Waals surface area contributed by atoms with E-state index in [4.69, 9.17) is 4.74 Å². The molecule has 1 aliphatic carbocycles. The summed E-state index contributed by atoms with van der Waals surface area (Å²) in [5.41, 5.74) is 2.76. The molecular formula is C25H32N2O3. The highest BCUT2D eigenvalue weighted by molar-refractivity contribution is 5.94. The van der Waals surface area contributed by atoms with Gasteiger partial charge in [-0.05, 0) is 48.1 Å². The van der Waals surface area contributed by atoms with Crippen molar-refractivity contribution in [2.45, 2.75) is 52.0 Å². The van der Waals surface area contributed by atoms with Crippen molar-refractivity contribution in [2.75, 3.05) is 13.2 Å². The molecule has 3 rings (SSSR count). The Morgan fingerprint density at radius 3 is 2.40 bits per heavy atom. The van der Waals surface area contributed by atoms with Gasteiger partial charge in [-0.1, -0.05) is 57.0 Å². The summed E-state index contributed by atoms with van der Waals surface area (Å²) in [5.74, 6) is 1.44. The van der Waals surface area contributed by atoms with Crippen molar-refractivity contribution in [1.82, 2.24) is 10.6 Å². The van der Waals surface area contributed by atoms with Gasteiger partial charge >= 0.3 is 0 Å². The molecule has 0 aliphatic heterocycles.